The second-order valence-electron chi connectivity index (χ2n) is 7.13. The summed E-state index contributed by atoms with van der Waals surface area (Å²) in [5.74, 6) is 1.20. The second kappa shape index (κ2) is 7.27. The molecule has 0 aliphatic carbocycles. The first-order valence-corrected chi connectivity index (χ1v) is 7.63. The molecule has 5 nitrogen and oxygen atoms in total. The first kappa shape index (κ1) is 17.2. The van der Waals surface area contributed by atoms with Gasteiger partial charge < -0.3 is 15.8 Å². The molecule has 1 aliphatic heterocycles. The lowest BCUT2D eigenvalue weighted by Gasteiger charge is -2.39. The van der Waals surface area contributed by atoms with Gasteiger partial charge in [0.1, 0.15) is 5.60 Å². The minimum absolute atomic E-state index is 0.151. The van der Waals surface area contributed by atoms with Crippen molar-refractivity contribution in [3.8, 4) is 0 Å². The van der Waals surface area contributed by atoms with Crippen molar-refractivity contribution in [1.29, 1.82) is 0 Å². The SMILES string of the molecule is CC(C)C1CC(NC(=O)OC(C)(C)C)CN(CCN)C1. The zero-order valence-electron chi connectivity index (χ0n) is 13.6. The molecule has 1 amide bonds. The molecule has 1 aliphatic rings. The van der Waals surface area contributed by atoms with Crippen molar-refractivity contribution < 1.29 is 9.53 Å². The average molecular weight is 285 g/mol. The minimum atomic E-state index is -0.451. The monoisotopic (exact) mass is 285 g/mol. The quantitative estimate of drug-likeness (QED) is 0.827. The smallest absolute Gasteiger partial charge is 0.407 e. The van der Waals surface area contributed by atoms with E-state index in [4.69, 9.17) is 10.5 Å². The predicted molar refractivity (Wildman–Crippen MR) is 81.6 cm³/mol. The van der Waals surface area contributed by atoms with Crippen molar-refractivity contribution in [1.82, 2.24) is 10.2 Å². The van der Waals surface area contributed by atoms with Gasteiger partial charge in [0.15, 0.2) is 0 Å². The summed E-state index contributed by atoms with van der Waals surface area (Å²) in [6.07, 6.45) is 0.692. The van der Waals surface area contributed by atoms with Crippen LogP contribution in [0.25, 0.3) is 0 Å². The Morgan fingerprint density at radius 2 is 2.05 bits per heavy atom. The van der Waals surface area contributed by atoms with E-state index in [0.29, 0.717) is 18.4 Å². The van der Waals surface area contributed by atoms with Crippen molar-refractivity contribution in [2.45, 2.75) is 52.7 Å². The molecule has 0 radical (unpaired) electrons. The lowest BCUT2D eigenvalue weighted by Crippen LogP contribution is -2.53. The Kier molecular flexibility index (Phi) is 6.27. The Morgan fingerprint density at radius 3 is 2.55 bits per heavy atom. The van der Waals surface area contributed by atoms with Gasteiger partial charge >= 0.3 is 6.09 Å². The molecule has 1 fully saturated rings. The molecule has 0 aromatic heterocycles. The summed E-state index contributed by atoms with van der Waals surface area (Å²) in [5, 5.41) is 3.01. The lowest BCUT2D eigenvalue weighted by molar-refractivity contribution is 0.0432. The standard InChI is InChI=1S/C15H31N3O2/c1-11(2)12-8-13(10-18(9-12)7-6-16)17-14(19)20-15(3,4)5/h11-13H,6-10,16H2,1-5H3,(H,17,19). The number of ether oxygens (including phenoxy) is 1. The number of hydrogen-bond acceptors (Lipinski definition) is 4. The highest BCUT2D eigenvalue weighted by atomic mass is 16.6. The summed E-state index contributed by atoms with van der Waals surface area (Å²) < 4.78 is 5.34. The van der Waals surface area contributed by atoms with Gasteiger partial charge in [0.25, 0.3) is 0 Å². The molecular weight excluding hydrogens is 254 g/mol. The summed E-state index contributed by atoms with van der Waals surface area (Å²) in [7, 11) is 0. The van der Waals surface area contributed by atoms with E-state index in [2.05, 4.69) is 24.1 Å². The van der Waals surface area contributed by atoms with Gasteiger partial charge in [-0.1, -0.05) is 13.8 Å². The number of rotatable bonds is 4. The third-order valence-electron chi connectivity index (χ3n) is 3.67. The number of nitrogens with two attached hydrogens (primary N) is 1. The molecule has 1 rings (SSSR count). The van der Waals surface area contributed by atoms with Crippen LogP contribution in [-0.4, -0.2) is 48.8 Å². The van der Waals surface area contributed by atoms with Gasteiger partial charge in [-0.3, -0.25) is 4.90 Å². The first-order chi connectivity index (χ1) is 9.21. The third kappa shape index (κ3) is 6.09. The van der Waals surface area contributed by atoms with Crippen molar-refractivity contribution in [3.05, 3.63) is 0 Å². The zero-order chi connectivity index (χ0) is 15.3. The number of carbonyl (C=O) groups is 1. The summed E-state index contributed by atoms with van der Waals surface area (Å²) in [6, 6.07) is 0.151. The molecule has 5 heteroatoms. The lowest BCUT2D eigenvalue weighted by atomic mass is 9.85. The van der Waals surface area contributed by atoms with Crippen molar-refractivity contribution in [2.24, 2.45) is 17.6 Å². The van der Waals surface area contributed by atoms with E-state index in [9.17, 15) is 4.79 Å². The van der Waals surface area contributed by atoms with Crippen LogP contribution < -0.4 is 11.1 Å². The summed E-state index contributed by atoms with van der Waals surface area (Å²) in [5.41, 5.74) is 5.21. The third-order valence-corrected chi connectivity index (χ3v) is 3.67. The normalized spacial score (nSPS) is 24.8. The summed E-state index contributed by atoms with van der Waals surface area (Å²) in [4.78, 5) is 14.2. The molecule has 2 unspecified atom stereocenters. The molecule has 0 aromatic carbocycles. The summed E-state index contributed by atoms with van der Waals surface area (Å²) >= 11 is 0. The van der Waals surface area contributed by atoms with Crippen LogP contribution in [0.5, 0.6) is 0 Å². The number of carbonyl (C=O) groups excluding carboxylic acids is 1. The van der Waals surface area contributed by atoms with Crippen LogP contribution in [0.1, 0.15) is 41.0 Å². The van der Waals surface area contributed by atoms with Crippen LogP contribution in [0, 0.1) is 11.8 Å². The van der Waals surface area contributed by atoms with Crippen LogP contribution in [0.4, 0.5) is 4.79 Å². The largest absolute Gasteiger partial charge is 0.444 e. The first-order valence-electron chi connectivity index (χ1n) is 7.63. The molecule has 2 atom stereocenters. The van der Waals surface area contributed by atoms with Gasteiger partial charge in [-0.15, -0.1) is 0 Å². The Hall–Kier alpha value is -0.810. The van der Waals surface area contributed by atoms with E-state index in [1.807, 2.05) is 20.8 Å². The predicted octanol–water partition coefficient (Wildman–Crippen LogP) is 1.82. The van der Waals surface area contributed by atoms with Crippen LogP contribution in [-0.2, 0) is 4.74 Å². The van der Waals surface area contributed by atoms with Gasteiger partial charge in [0.05, 0.1) is 0 Å². The van der Waals surface area contributed by atoms with Gasteiger partial charge in [0, 0.05) is 32.2 Å². The number of likely N-dealkylation sites (tertiary alicyclic amines) is 1. The highest BCUT2D eigenvalue weighted by molar-refractivity contribution is 5.68. The van der Waals surface area contributed by atoms with Crippen LogP contribution in [0.3, 0.4) is 0 Å². The Bertz CT molecular complexity index is 313. The maximum Gasteiger partial charge on any atom is 0.407 e. The number of nitrogens with one attached hydrogen (secondary N) is 1. The summed E-state index contributed by atoms with van der Waals surface area (Å²) in [6.45, 7) is 13.6. The van der Waals surface area contributed by atoms with Crippen LogP contribution >= 0.6 is 0 Å². The fourth-order valence-corrected chi connectivity index (χ4v) is 2.66. The topological polar surface area (TPSA) is 67.6 Å². The molecule has 0 saturated carbocycles. The maximum absolute atomic E-state index is 11.9. The van der Waals surface area contributed by atoms with Crippen LogP contribution in [0.2, 0.25) is 0 Å². The van der Waals surface area contributed by atoms with Crippen molar-refractivity contribution in [2.75, 3.05) is 26.2 Å². The maximum atomic E-state index is 11.9. The van der Waals surface area contributed by atoms with Crippen LogP contribution in [0.15, 0.2) is 0 Å². The molecule has 1 heterocycles. The molecule has 1 saturated heterocycles. The number of hydrogen-bond donors (Lipinski definition) is 2. The van der Waals surface area contributed by atoms with E-state index in [1.165, 1.54) is 0 Å². The fourth-order valence-electron chi connectivity index (χ4n) is 2.66. The Labute approximate surface area is 123 Å². The average Bonchev–Trinajstić information content (AvgIpc) is 2.26. The van der Waals surface area contributed by atoms with Gasteiger partial charge in [-0.25, -0.2) is 4.79 Å². The number of nitrogens with zero attached hydrogens (tertiary/aromatic N) is 1. The minimum Gasteiger partial charge on any atom is -0.444 e. The molecule has 118 valence electrons. The van der Waals surface area contributed by atoms with Crippen molar-refractivity contribution >= 4 is 6.09 Å². The second-order valence-corrected chi connectivity index (χ2v) is 7.13. The molecule has 3 N–H and O–H groups in total. The molecular formula is C15H31N3O2. The zero-order valence-corrected chi connectivity index (χ0v) is 13.6. The molecule has 0 bridgehead atoms. The fraction of sp³-hybridized carbons (Fsp3) is 0.933. The highest BCUT2D eigenvalue weighted by Crippen LogP contribution is 2.24. The van der Waals surface area contributed by atoms with E-state index in [-0.39, 0.29) is 12.1 Å². The van der Waals surface area contributed by atoms with E-state index in [0.717, 1.165) is 26.1 Å². The number of alkyl carbamates (subject to hydrolysis) is 1. The molecule has 0 spiro atoms. The van der Waals surface area contributed by atoms with Gasteiger partial charge in [0.2, 0.25) is 0 Å². The highest BCUT2D eigenvalue weighted by Gasteiger charge is 2.30. The van der Waals surface area contributed by atoms with Gasteiger partial charge in [-0.2, -0.15) is 0 Å². The van der Waals surface area contributed by atoms with E-state index in [1.54, 1.807) is 0 Å². The van der Waals surface area contributed by atoms with Crippen molar-refractivity contribution in [3.63, 3.8) is 0 Å². The number of piperidine rings is 1. The van der Waals surface area contributed by atoms with Gasteiger partial charge in [-0.05, 0) is 39.0 Å². The molecule has 0 aromatic rings. The Balaban J connectivity index is 2.56. The van der Waals surface area contributed by atoms with E-state index < -0.39 is 5.60 Å². The number of amides is 1. The Morgan fingerprint density at radius 1 is 1.40 bits per heavy atom. The van der Waals surface area contributed by atoms with E-state index >= 15 is 0 Å². The molecule has 20 heavy (non-hydrogen) atoms.